The number of hydrogen-bond acceptors (Lipinski definition) is 4. The molecule has 1 rings (SSSR count). The zero-order valence-electron chi connectivity index (χ0n) is 11.0. The maximum atomic E-state index is 5.83. The molecule has 17 heavy (non-hydrogen) atoms. The Hall–Kier alpha value is -1.03. The van der Waals surface area contributed by atoms with Crippen LogP contribution in [0.15, 0.2) is 12.3 Å². The van der Waals surface area contributed by atoms with E-state index in [2.05, 4.69) is 29.1 Å². The standard InChI is InChI=1S/C12H21ClN4/c1-5-12(2,7-8-13)16-10-6-9-14-11(15-10)17(3)4/h6,9H,5,7-8H2,1-4H3,(H,14,15,16). The van der Waals surface area contributed by atoms with Crippen LogP contribution < -0.4 is 10.2 Å². The number of nitrogens with one attached hydrogen (secondary N) is 1. The lowest BCUT2D eigenvalue weighted by Gasteiger charge is -2.29. The molecule has 1 N–H and O–H groups in total. The van der Waals surface area contributed by atoms with Crippen molar-refractivity contribution >= 4 is 23.4 Å². The minimum absolute atomic E-state index is 0.0142. The molecule has 0 radical (unpaired) electrons. The van der Waals surface area contributed by atoms with Crippen molar-refractivity contribution in [2.24, 2.45) is 0 Å². The van der Waals surface area contributed by atoms with E-state index in [0.29, 0.717) is 11.8 Å². The third-order valence-corrected chi connectivity index (χ3v) is 3.09. The summed E-state index contributed by atoms with van der Waals surface area (Å²) < 4.78 is 0. The molecule has 1 aromatic rings. The maximum absolute atomic E-state index is 5.83. The van der Waals surface area contributed by atoms with Crippen LogP contribution in [0.25, 0.3) is 0 Å². The van der Waals surface area contributed by atoms with Gasteiger partial charge in [-0.2, -0.15) is 4.98 Å². The van der Waals surface area contributed by atoms with Gasteiger partial charge in [-0.05, 0) is 25.8 Å². The number of anilines is 2. The molecule has 1 atom stereocenters. The van der Waals surface area contributed by atoms with E-state index in [1.807, 2.05) is 25.1 Å². The Morgan fingerprint density at radius 2 is 2.18 bits per heavy atom. The van der Waals surface area contributed by atoms with Crippen LogP contribution in [0, 0.1) is 0 Å². The lowest BCUT2D eigenvalue weighted by molar-refractivity contribution is 0.479. The van der Waals surface area contributed by atoms with Crippen molar-refractivity contribution in [1.82, 2.24) is 9.97 Å². The molecule has 5 heteroatoms. The van der Waals surface area contributed by atoms with Gasteiger partial charge in [0.25, 0.3) is 0 Å². The number of rotatable bonds is 6. The summed E-state index contributed by atoms with van der Waals surface area (Å²) in [5, 5.41) is 3.44. The Morgan fingerprint density at radius 3 is 2.71 bits per heavy atom. The van der Waals surface area contributed by atoms with Gasteiger partial charge in [-0.25, -0.2) is 4.98 Å². The summed E-state index contributed by atoms with van der Waals surface area (Å²) in [6, 6.07) is 1.88. The molecule has 0 fully saturated rings. The van der Waals surface area contributed by atoms with E-state index in [1.165, 1.54) is 0 Å². The lowest BCUT2D eigenvalue weighted by Crippen LogP contribution is -2.35. The largest absolute Gasteiger partial charge is 0.365 e. The molecule has 0 aliphatic rings. The van der Waals surface area contributed by atoms with Crippen LogP contribution >= 0.6 is 11.6 Å². The number of hydrogen-bond donors (Lipinski definition) is 1. The van der Waals surface area contributed by atoms with Crippen molar-refractivity contribution in [3.05, 3.63) is 12.3 Å². The van der Waals surface area contributed by atoms with Crippen LogP contribution in [0.5, 0.6) is 0 Å². The fourth-order valence-corrected chi connectivity index (χ4v) is 1.90. The van der Waals surface area contributed by atoms with Crippen LogP contribution in [0.3, 0.4) is 0 Å². The highest BCUT2D eigenvalue weighted by Gasteiger charge is 2.21. The normalized spacial score (nSPS) is 14.2. The predicted octanol–water partition coefficient (Wildman–Crippen LogP) is 2.75. The van der Waals surface area contributed by atoms with Gasteiger partial charge in [0.15, 0.2) is 0 Å². The third kappa shape index (κ3) is 4.04. The van der Waals surface area contributed by atoms with Gasteiger partial charge in [0.05, 0.1) is 0 Å². The second-order valence-corrected chi connectivity index (χ2v) is 4.99. The van der Waals surface area contributed by atoms with E-state index >= 15 is 0 Å². The average Bonchev–Trinajstić information content (AvgIpc) is 2.29. The van der Waals surface area contributed by atoms with Gasteiger partial charge < -0.3 is 10.2 Å². The van der Waals surface area contributed by atoms with Crippen LogP contribution in [-0.2, 0) is 0 Å². The van der Waals surface area contributed by atoms with Gasteiger partial charge >= 0.3 is 0 Å². The van der Waals surface area contributed by atoms with Crippen molar-refractivity contribution in [2.75, 3.05) is 30.2 Å². The average molecular weight is 257 g/mol. The van der Waals surface area contributed by atoms with Crippen LogP contribution in [0.1, 0.15) is 26.7 Å². The van der Waals surface area contributed by atoms with E-state index in [1.54, 1.807) is 6.20 Å². The molecule has 0 saturated carbocycles. The summed E-state index contributed by atoms with van der Waals surface area (Å²) in [5.74, 6) is 2.20. The predicted molar refractivity (Wildman–Crippen MR) is 74.0 cm³/mol. The molecule has 0 amide bonds. The molecule has 0 spiro atoms. The molecule has 1 aromatic heterocycles. The monoisotopic (exact) mass is 256 g/mol. The van der Waals surface area contributed by atoms with E-state index in [-0.39, 0.29) is 5.54 Å². The molecule has 0 aliphatic carbocycles. The molecule has 1 unspecified atom stereocenters. The molecule has 0 bridgehead atoms. The van der Waals surface area contributed by atoms with E-state index in [9.17, 15) is 0 Å². The number of aromatic nitrogens is 2. The minimum atomic E-state index is -0.0142. The Bertz CT molecular complexity index is 356. The summed E-state index contributed by atoms with van der Waals surface area (Å²) in [7, 11) is 3.85. The highest BCUT2D eigenvalue weighted by atomic mass is 35.5. The van der Waals surface area contributed by atoms with Crippen LogP contribution in [0.2, 0.25) is 0 Å². The van der Waals surface area contributed by atoms with Crippen molar-refractivity contribution in [3.63, 3.8) is 0 Å². The maximum Gasteiger partial charge on any atom is 0.226 e. The quantitative estimate of drug-likeness (QED) is 0.795. The highest BCUT2D eigenvalue weighted by Crippen LogP contribution is 2.21. The topological polar surface area (TPSA) is 41.1 Å². The zero-order valence-corrected chi connectivity index (χ0v) is 11.8. The summed E-state index contributed by atoms with van der Waals surface area (Å²) in [4.78, 5) is 10.5. The van der Waals surface area contributed by atoms with Gasteiger partial charge in [-0.15, -0.1) is 11.6 Å². The molecule has 4 nitrogen and oxygen atoms in total. The van der Waals surface area contributed by atoms with Gasteiger partial charge in [-0.3, -0.25) is 0 Å². The molecule has 96 valence electrons. The highest BCUT2D eigenvalue weighted by molar-refractivity contribution is 6.17. The second-order valence-electron chi connectivity index (χ2n) is 4.61. The van der Waals surface area contributed by atoms with Gasteiger partial charge in [0.2, 0.25) is 5.95 Å². The summed E-state index contributed by atoms with van der Waals surface area (Å²) in [6.07, 6.45) is 3.68. The molecular weight excluding hydrogens is 236 g/mol. The Labute approximate surface area is 108 Å². The van der Waals surface area contributed by atoms with Crippen LogP contribution in [-0.4, -0.2) is 35.5 Å². The Morgan fingerprint density at radius 1 is 1.47 bits per heavy atom. The van der Waals surface area contributed by atoms with Crippen LogP contribution in [0.4, 0.5) is 11.8 Å². The van der Waals surface area contributed by atoms with E-state index in [0.717, 1.165) is 18.7 Å². The van der Waals surface area contributed by atoms with E-state index in [4.69, 9.17) is 11.6 Å². The Kier molecular flexibility index (Phi) is 5.00. The first-order valence-corrected chi connectivity index (χ1v) is 6.39. The fourth-order valence-electron chi connectivity index (χ4n) is 1.48. The zero-order chi connectivity index (χ0) is 12.9. The molecule has 0 aromatic carbocycles. The fraction of sp³-hybridized carbons (Fsp3) is 0.667. The molecular formula is C12H21ClN4. The molecule has 1 heterocycles. The van der Waals surface area contributed by atoms with Gasteiger partial charge in [0, 0.05) is 31.7 Å². The summed E-state index contributed by atoms with van der Waals surface area (Å²) in [5.41, 5.74) is -0.0142. The minimum Gasteiger partial charge on any atom is -0.365 e. The summed E-state index contributed by atoms with van der Waals surface area (Å²) in [6.45, 7) is 4.31. The van der Waals surface area contributed by atoms with Gasteiger partial charge in [0.1, 0.15) is 5.82 Å². The second kappa shape index (κ2) is 6.05. The number of nitrogens with zero attached hydrogens (tertiary/aromatic N) is 3. The first-order valence-electron chi connectivity index (χ1n) is 5.85. The molecule has 0 aliphatic heterocycles. The SMILES string of the molecule is CCC(C)(CCCl)Nc1ccnc(N(C)C)n1. The third-order valence-electron chi connectivity index (χ3n) is 2.90. The van der Waals surface area contributed by atoms with Gasteiger partial charge in [-0.1, -0.05) is 6.92 Å². The first kappa shape index (κ1) is 14.0. The van der Waals surface area contributed by atoms with Crippen molar-refractivity contribution in [1.29, 1.82) is 0 Å². The summed E-state index contributed by atoms with van der Waals surface area (Å²) >= 11 is 5.83. The smallest absolute Gasteiger partial charge is 0.226 e. The molecule has 0 saturated heterocycles. The first-order chi connectivity index (χ1) is 8.00. The number of alkyl halides is 1. The Balaban J connectivity index is 2.82. The lowest BCUT2D eigenvalue weighted by atomic mass is 9.95. The van der Waals surface area contributed by atoms with Crippen molar-refractivity contribution in [2.45, 2.75) is 32.2 Å². The van der Waals surface area contributed by atoms with Crippen molar-refractivity contribution in [3.8, 4) is 0 Å². The van der Waals surface area contributed by atoms with E-state index < -0.39 is 0 Å². The number of halogens is 1. The van der Waals surface area contributed by atoms with Crippen molar-refractivity contribution < 1.29 is 0 Å².